The maximum atomic E-state index is 13.1. The number of carbonyl (C=O) groups excluding carboxylic acids is 2. The van der Waals surface area contributed by atoms with Crippen LogP contribution in [0, 0.1) is 0 Å². The highest BCUT2D eigenvalue weighted by Gasteiger charge is 2.26. The van der Waals surface area contributed by atoms with E-state index in [1.54, 1.807) is 24.3 Å². The zero-order valence-corrected chi connectivity index (χ0v) is 18.0. The number of rotatable bonds is 8. The van der Waals surface area contributed by atoms with E-state index in [1.165, 1.54) is 0 Å². The first kappa shape index (κ1) is 22.0. The van der Waals surface area contributed by atoms with Gasteiger partial charge in [0.05, 0.1) is 10.9 Å². The van der Waals surface area contributed by atoms with Crippen molar-refractivity contribution in [1.82, 2.24) is 20.6 Å². The lowest BCUT2D eigenvalue weighted by molar-refractivity contribution is -0.128. The SMILES string of the molecule is O=C(C[C@@H](C(=O)NCc1ccccc1)c1nc2ccccc2c(=O)[nH]1)NCc1ccccc1. The molecular weight excluding hydrogens is 416 g/mol. The molecule has 0 unspecified atom stereocenters. The molecule has 1 heterocycles. The first-order valence-electron chi connectivity index (χ1n) is 10.7. The number of aromatic amines is 1. The standard InChI is InChI=1S/C26H24N4O3/c31-23(27-16-18-9-3-1-4-10-18)15-21(25(32)28-17-19-11-5-2-6-12-19)24-29-22-14-8-7-13-20(22)26(33)30-24/h1-14,21H,15-17H2,(H,27,31)(H,28,32)(H,29,30,33)/t21-/m1/s1. The van der Waals surface area contributed by atoms with Crippen LogP contribution < -0.4 is 16.2 Å². The topological polar surface area (TPSA) is 104 Å². The summed E-state index contributed by atoms with van der Waals surface area (Å²) < 4.78 is 0. The smallest absolute Gasteiger partial charge is 0.258 e. The van der Waals surface area contributed by atoms with E-state index in [2.05, 4.69) is 20.6 Å². The van der Waals surface area contributed by atoms with E-state index in [9.17, 15) is 14.4 Å². The Bertz CT molecular complexity index is 1300. The summed E-state index contributed by atoms with van der Waals surface area (Å²) in [5, 5.41) is 6.13. The number of benzene rings is 3. The third-order valence-electron chi connectivity index (χ3n) is 5.31. The molecule has 0 saturated heterocycles. The molecule has 4 aromatic rings. The second-order valence-corrected chi connectivity index (χ2v) is 7.69. The molecule has 2 amide bonds. The second kappa shape index (κ2) is 10.4. The molecule has 1 atom stereocenters. The molecule has 1 aromatic heterocycles. The summed E-state index contributed by atoms with van der Waals surface area (Å²) in [7, 11) is 0. The molecule has 0 radical (unpaired) electrons. The molecule has 0 spiro atoms. The molecule has 7 nitrogen and oxygen atoms in total. The third-order valence-corrected chi connectivity index (χ3v) is 5.31. The summed E-state index contributed by atoms with van der Waals surface area (Å²) in [5.41, 5.74) is 2.01. The number of H-pyrrole nitrogens is 1. The van der Waals surface area contributed by atoms with Crippen LogP contribution in [-0.4, -0.2) is 21.8 Å². The van der Waals surface area contributed by atoms with Crippen molar-refractivity contribution in [1.29, 1.82) is 0 Å². The van der Waals surface area contributed by atoms with E-state index >= 15 is 0 Å². The molecule has 33 heavy (non-hydrogen) atoms. The van der Waals surface area contributed by atoms with Crippen LogP contribution in [0.2, 0.25) is 0 Å². The molecule has 166 valence electrons. The largest absolute Gasteiger partial charge is 0.352 e. The highest BCUT2D eigenvalue weighted by Crippen LogP contribution is 2.18. The van der Waals surface area contributed by atoms with E-state index in [0.29, 0.717) is 24.0 Å². The van der Waals surface area contributed by atoms with Gasteiger partial charge >= 0.3 is 0 Å². The molecule has 0 aliphatic rings. The number of nitrogens with zero attached hydrogens (tertiary/aromatic N) is 1. The number of carbonyl (C=O) groups is 2. The molecule has 0 saturated carbocycles. The first-order chi connectivity index (χ1) is 16.1. The minimum Gasteiger partial charge on any atom is -0.352 e. The average Bonchev–Trinajstić information content (AvgIpc) is 2.86. The summed E-state index contributed by atoms with van der Waals surface area (Å²) in [5.74, 6) is -1.47. The van der Waals surface area contributed by atoms with Gasteiger partial charge in [0.2, 0.25) is 11.8 Å². The van der Waals surface area contributed by atoms with Gasteiger partial charge in [0, 0.05) is 19.5 Å². The van der Waals surface area contributed by atoms with Crippen molar-refractivity contribution in [3.05, 3.63) is 112 Å². The fourth-order valence-corrected chi connectivity index (χ4v) is 3.55. The summed E-state index contributed by atoms with van der Waals surface area (Å²) in [4.78, 5) is 45.6. The number of hydrogen-bond donors (Lipinski definition) is 3. The van der Waals surface area contributed by atoms with Gasteiger partial charge in [-0.05, 0) is 23.3 Å². The lowest BCUT2D eigenvalue weighted by Crippen LogP contribution is -2.35. The number of para-hydroxylation sites is 1. The van der Waals surface area contributed by atoms with Crippen LogP contribution in [0.15, 0.2) is 89.7 Å². The summed E-state index contributed by atoms with van der Waals surface area (Å²) in [6, 6.07) is 25.9. The Balaban J connectivity index is 1.55. The summed E-state index contributed by atoms with van der Waals surface area (Å²) >= 11 is 0. The van der Waals surface area contributed by atoms with Crippen molar-refractivity contribution in [2.45, 2.75) is 25.4 Å². The zero-order chi connectivity index (χ0) is 23.0. The van der Waals surface area contributed by atoms with Gasteiger partial charge in [0.1, 0.15) is 11.7 Å². The Morgan fingerprint density at radius 2 is 1.36 bits per heavy atom. The van der Waals surface area contributed by atoms with Crippen LogP contribution in [0.4, 0.5) is 0 Å². The molecule has 0 aliphatic heterocycles. The molecule has 0 fully saturated rings. The third kappa shape index (κ3) is 5.71. The molecule has 0 bridgehead atoms. The molecule has 0 aliphatic carbocycles. The predicted molar refractivity (Wildman–Crippen MR) is 126 cm³/mol. The minimum absolute atomic E-state index is 0.144. The van der Waals surface area contributed by atoms with Crippen molar-refractivity contribution >= 4 is 22.7 Å². The van der Waals surface area contributed by atoms with Crippen molar-refractivity contribution in [3.8, 4) is 0 Å². The first-order valence-corrected chi connectivity index (χ1v) is 10.7. The van der Waals surface area contributed by atoms with Crippen molar-refractivity contribution < 1.29 is 9.59 Å². The Morgan fingerprint density at radius 3 is 2.03 bits per heavy atom. The number of aromatic nitrogens is 2. The molecule has 7 heteroatoms. The van der Waals surface area contributed by atoms with Crippen LogP contribution >= 0.6 is 0 Å². The number of nitrogens with one attached hydrogen (secondary N) is 3. The van der Waals surface area contributed by atoms with Gasteiger partial charge in [-0.15, -0.1) is 0 Å². The van der Waals surface area contributed by atoms with E-state index < -0.39 is 5.92 Å². The highest BCUT2D eigenvalue weighted by atomic mass is 16.2. The van der Waals surface area contributed by atoms with E-state index in [-0.39, 0.29) is 29.6 Å². The van der Waals surface area contributed by atoms with Gasteiger partial charge < -0.3 is 15.6 Å². The number of hydrogen-bond acceptors (Lipinski definition) is 4. The zero-order valence-electron chi connectivity index (χ0n) is 18.0. The van der Waals surface area contributed by atoms with Gasteiger partial charge in [0.15, 0.2) is 0 Å². The van der Waals surface area contributed by atoms with Crippen LogP contribution in [0.5, 0.6) is 0 Å². The average molecular weight is 441 g/mol. The Morgan fingerprint density at radius 1 is 0.788 bits per heavy atom. The lowest BCUT2D eigenvalue weighted by Gasteiger charge is -2.17. The Kier molecular flexibility index (Phi) is 6.90. The molecule has 3 aromatic carbocycles. The number of fused-ring (bicyclic) bond motifs is 1. The van der Waals surface area contributed by atoms with E-state index in [1.807, 2.05) is 60.7 Å². The lowest BCUT2D eigenvalue weighted by atomic mass is 10.0. The monoisotopic (exact) mass is 440 g/mol. The Hall–Kier alpha value is -4.26. The molecule has 3 N–H and O–H groups in total. The van der Waals surface area contributed by atoms with Crippen LogP contribution in [0.1, 0.15) is 29.3 Å². The van der Waals surface area contributed by atoms with Gasteiger partial charge in [-0.1, -0.05) is 72.8 Å². The quantitative estimate of drug-likeness (QED) is 0.392. The fourth-order valence-electron chi connectivity index (χ4n) is 3.55. The van der Waals surface area contributed by atoms with Crippen molar-refractivity contribution in [2.24, 2.45) is 0 Å². The fraction of sp³-hybridized carbons (Fsp3) is 0.154. The van der Waals surface area contributed by atoms with Gasteiger partial charge in [-0.25, -0.2) is 4.98 Å². The summed E-state index contributed by atoms with van der Waals surface area (Å²) in [6.07, 6.45) is -0.144. The van der Waals surface area contributed by atoms with Crippen LogP contribution in [0.3, 0.4) is 0 Å². The highest BCUT2D eigenvalue weighted by molar-refractivity contribution is 5.89. The van der Waals surface area contributed by atoms with E-state index in [4.69, 9.17) is 0 Å². The second-order valence-electron chi connectivity index (χ2n) is 7.69. The Labute approximate surface area is 190 Å². The van der Waals surface area contributed by atoms with Crippen molar-refractivity contribution in [3.63, 3.8) is 0 Å². The summed E-state index contributed by atoms with van der Waals surface area (Å²) in [6.45, 7) is 0.652. The van der Waals surface area contributed by atoms with Gasteiger partial charge in [0.25, 0.3) is 5.56 Å². The molecule has 4 rings (SSSR count). The van der Waals surface area contributed by atoms with Crippen LogP contribution in [0.25, 0.3) is 10.9 Å². The van der Waals surface area contributed by atoms with Gasteiger partial charge in [-0.2, -0.15) is 0 Å². The minimum atomic E-state index is -0.943. The predicted octanol–water partition coefficient (Wildman–Crippen LogP) is 3.03. The van der Waals surface area contributed by atoms with E-state index in [0.717, 1.165) is 11.1 Å². The van der Waals surface area contributed by atoms with Crippen molar-refractivity contribution in [2.75, 3.05) is 0 Å². The normalized spacial score (nSPS) is 11.6. The maximum Gasteiger partial charge on any atom is 0.258 e. The number of amides is 2. The molecular formula is C26H24N4O3. The maximum absolute atomic E-state index is 13.1. The van der Waals surface area contributed by atoms with Gasteiger partial charge in [-0.3, -0.25) is 14.4 Å². The van der Waals surface area contributed by atoms with Crippen LogP contribution in [-0.2, 0) is 22.7 Å².